The second-order valence-electron chi connectivity index (χ2n) is 8.46. The summed E-state index contributed by atoms with van der Waals surface area (Å²) in [7, 11) is 0. The average molecular weight is 407 g/mol. The van der Waals surface area contributed by atoms with Crippen LogP contribution >= 0.6 is 11.6 Å². The summed E-state index contributed by atoms with van der Waals surface area (Å²) in [6, 6.07) is 27.8. The molecule has 0 fully saturated rings. The molecule has 0 amide bonds. The summed E-state index contributed by atoms with van der Waals surface area (Å²) in [5, 5.41) is 3.54. The molecule has 0 spiro atoms. The first-order valence-corrected chi connectivity index (χ1v) is 10.5. The molecule has 6 rings (SSSR count). The van der Waals surface area contributed by atoms with Gasteiger partial charge in [0.2, 0.25) is 5.28 Å². The van der Waals surface area contributed by atoms with Crippen molar-refractivity contribution >= 4 is 33.3 Å². The number of aromatic nitrogens is 2. The SMILES string of the molecule is CC1(C)c2ccccc2-c2ccc(-c3nc(Cl)nc4c3ccc3ccccc34)cc21. The van der Waals surface area contributed by atoms with Gasteiger partial charge in [-0.3, -0.25) is 0 Å². The Morgan fingerprint density at radius 1 is 0.700 bits per heavy atom. The van der Waals surface area contributed by atoms with Gasteiger partial charge in [0, 0.05) is 21.8 Å². The van der Waals surface area contributed by atoms with Crippen LogP contribution in [0.2, 0.25) is 5.28 Å². The normalized spacial score (nSPS) is 14.1. The van der Waals surface area contributed by atoms with Crippen molar-refractivity contribution in [1.82, 2.24) is 9.97 Å². The molecule has 1 aliphatic rings. The highest BCUT2D eigenvalue weighted by molar-refractivity contribution is 6.29. The summed E-state index contributed by atoms with van der Waals surface area (Å²) in [6.07, 6.45) is 0. The molecule has 0 bridgehead atoms. The highest BCUT2D eigenvalue weighted by Crippen LogP contribution is 2.49. The van der Waals surface area contributed by atoms with E-state index < -0.39 is 0 Å². The fourth-order valence-corrected chi connectivity index (χ4v) is 5.08. The lowest BCUT2D eigenvalue weighted by Crippen LogP contribution is -2.14. The van der Waals surface area contributed by atoms with E-state index in [0.717, 1.165) is 32.9 Å². The molecule has 0 radical (unpaired) electrons. The Morgan fingerprint density at radius 3 is 2.37 bits per heavy atom. The van der Waals surface area contributed by atoms with Crippen LogP contribution in [-0.2, 0) is 5.41 Å². The Labute approximate surface area is 180 Å². The second-order valence-corrected chi connectivity index (χ2v) is 8.79. The number of rotatable bonds is 1. The minimum absolute atomic E-state index is 0.0543. The molecule has 0 unspecified atom stereocenters. The van der Waals surface area contributed by atoms with Gasteiger partial charge in [0.1, 0.15) is 0 Å². The van der Waals surface area contributed by atoms with Crippen molar-refractivity contribution in [3.8, 4) is 22.4 Å². The quantitative estimate of drug-likeness (QED) is 0.214. The Bertz CT molecular complexity index is 1480. The van der Waals surface area contributed by atoms with Gasteiger partial charge in [0.05, 0.1) is 11.2 Å². The van der Waals surface area contributed by atoms with Crippen molar-refractivity contribution in [3.63, 3.8) is 0 Å². The predicted molar refractivity (Wildman–Crippen MR) is 125 cm³/mol. The molecular formula is C27H19ClN2. The molecule has 1 aliphatic carbocycles. The first-order valence-electron chi connectivity index (χ1n) is 10.1. The lowest BCUT2D eigenvalue weighted by atomic mass is 9.82. The number of nitrogens with zero attached hydrogens (tertiary/aromatic N) is 2. The van der Waals surface area contributed by atoms with Crippen LogP contribution in [0.1, 0.15) is 25.0 Å². The molecule has 0 saturated heterocycles. The van der Waals surface area contributed by atoms with Crippen LogP contribution in [0, 0.1) is 0 Å². The summed E-state index contributed by atoms with van der Waals surface area (Å²) in [6.45, 7) is 4.58. The van der Waals surface area contributed by atoms with Gasteiger partial charge in [-0.1, -0.05) is 80.6 Å². The minimum Gasteiger partial charge on any atom is -0.217 e. The summed E-state index contributed by atoms with van der Waals surface area (Å²) in [5.74, 6) is 0. The van der Waals surface area contributed by atoms with E-state index in [4.69, 9.17) is 11.6 Å². The third kappa shape index (κ3) is 2.37. The zero-order valence-electron chi connectivity index (χ0n) is 16.8. The molecule has 0 aliphatic heterocycles. The molecule has 2 nitrogen and oxygen atoms in total. The van der Waals surface area contributed by atoms with Crippen molar-refractivity contribution < 1.29 is 0 Å². The Balaban J connectivity index is 1.63. The topological polar surface area (TPSA) is 25.8 Å². The molecule has 0 atom stereocenters. The molecule has 5 aromatic rings. The molecule has 0 saturated carbocycles. The van der Waals surface area contributed by atoms with Gasteiger partial charge in [-0.2, -0.15) is 0 Å². The van der Waals surface area contributed by atoms with Crippen LogP contribution in [0.15, 0.2) is 78.9 Å². The van der Waals surface area contributed by atoms with Gasteiger partial charge in [-0.25, -0.2) is 9.97 Å². The molecular weight excluding hydrogens is 388 g/mol. The number of hydrogen-bond acceptors (Lipinski definition) is 2. The molecule has 3 heteroatoms. The van der Waals surface area contributed by atoms with Crippen molar-refractivity contribution in [1.29, 1.82) is 0 Å². The smallest absolute Gasteiger partial charge is 0.217 e. The molecule has 1 aromatic heterocycles. The van der Waals surface area contributed by atoms with Crippen molar-refractivity contribution in [3.05, 3.63) is 95.3 Å². The minimum atomic E-state index is -0.0543. The Kier molecular flexibility index (Phi) is 3.60. The van der Waals surface area contributed by atoms with E-state index in [2.05, 4.69) is 90.5 Å². The highest BCUT2D eigenvalue weighted by atomic mass is 35.5. The van der Waals surface area contributed by atoms with Gasteiger partial charge >= 0.3 is 0 Å². The third-order valence-corrected chi connectivity index (χ3v) is 6.59. The van der Waals surface area contributed by atoms with Gasteiger partial charge in [-0.05, 0) is 51.4 Å². The van der Waals surface area contributed by atoms with Gasteiger partial charge in [0.25, 0.3) is 0 Å². The highest BCUT2D eigenvalue weighted by Gasteiger charge is 2.35. The van der Waals surface area contributed by atoms with Crippen LogP contribution in [0.5, 0.6) is 0 Å². The lowest BCUT2D eigenvalue weighted by Gasteiger charge is -2.22. The molecule has 30 heavy (non-hydrogen) atoms. The summed E-state index contributed by atoms with van der Waals surface area (Å²) >= 11 is 6.40. The van der Waals surface area contributed by atoms with Gasteiger partial charge in [-0.15, -0.1) is 0 Å². The first kappa shape index (κ1) is 17.6. The van der Waals surface area contributed by atoms with E-state index >= 15 is 0 Å². The van der Waals surface area contributed by atoms with Crippen molar-refractivity contribution in [2.24, 2.45) is 0 Å². The standard InChI is InChI=1S/C27H19ClN2/c1-27(2)22-10-6-5-9-19(22)20-13-12-17(15-23(20)27)24-21-14-11-16-7-3-4-8-18(16)25(21)30-26(28)29-24/h3-15H,1-2H3. The predicted octanol–water partition coefficient (Wildman–Crippen LogP) is 7.41. The van der Waals surface area contributed by atoms with E-state index in [1.165, 1.54) is 22.3 Å². The zero-order valence-corrected chi connectivity index (χ0v) is 17.5. The number of benzene rings is 4. The first-order chi connectivity index (χ1) is 14.5. The van der Waals surface area contributed by atoms with Crippen LogP contribution in [0.3, 0.4) is 0 Å². The molecule has 144 valence electrons. The van der Waals surface area contributed by atoms with Crippen LogP contribution in [-0.4, -0.2) is 9.97 Å². The van der Waals surface area contributed by atoms with Gasteiger partial charge in [0.15, 0.2) is 0 Å². The van der Waals surface area contributed by atoms with Crippen LogP contribution in [0.25, 0.3) is 44.1 Å². The second kappa shape index (κ2) is 6.13. The maximum Gasteiger partial charge on any atom is 0.223 e. The summed E-state index contributed by atoms with van der Waals surface area (Å²) in [5.41, 5.74) is 8.10. The molecule has 1 heterocycles. The Morgan fingerprint density at radius 2 is 1.47 bits per heavy atom. The van der Waals surface area contributed by atoms with E-state index in [1.807, 2.05) is 12.1 Å². The number of fused-ring (bicyclic) bond motifs is 6. The monoisotopic (exact) mass is 406 g/mol. The van der Waals surface area contributed by atoms with E-state index in [1.54, 1.807) is 0 Å². The molecule has 4 aromatic carbocycles. The van der Waals surface area contributed by atoms with E-state index in [0.29, 0.717) is 0 Å². The van der Waals surface area contributed by atoms with Crippen molar-refractivity contribution in [2.45, 2.75) is 19.3 Å². The van der Waals surface area contributed by atoms with Crippen LogP contribution < -0.4 is 0 Å². The maximum absolute atomic E-state index is 6.40. The van der Waals surface area contributed by atoms with Crippen molar-refractivity contribution in [2.75, 3.05) is 0 Å². The number of halogens is 1. The summed E-state index contributed by atoms with van der Waals surface area (Å²) in [4.78, 5) is 9.23. The average Bonchev–Trinajstić information content (AvgIpc) is 3.00. The fourth-order valence-electron chi connectivity index (χ4n) is 4.91. The molecule has 0 N–H and O–H groups in total. The number of hydrogen-bond donors (Lipinski definition) is 0. The lowest BCUT2D eigenvalue weighted by molar-refractivity contribution is 0.660. The third-order valence-electron chi connectivity index (χ3n) is 6.42. The zero-order chi connectivity index (χ0) is 20.5. The Hall–Kier alpha value is -3.23. The van der Waals surface area contributed by atoms with Crippen LogP contribution in [0.4, 0.5) is 0 Å². The van der Waals surface area contributed by atoms with E-state index in [-0.39, 0.29) is 10.7 Å². The maximum atomic E-state index is 6.40. The fraction of sp³-hybridized carbons (Fsp3) is 0.111. The van der Waals surface area contributed by atoms with Gasteiger partial charge < -0.3 is 0 Å². The summed E-state index contributed by atoms with van der Waals surface area (Å²) < 4.78 is 0. The largest absolute Gasteiger partial charge is 0.223 e. The van der Waals surface area contributed by atoms with E-state index in [9.17, 15) is 0 Å².